The molecule has 7 nitrogen and oxygen atoms in total. The Bertz CT molecular complexity index is 1340. The van der Waals surface area contributed by atoms with Crippen LogP contribution in [0.2, 0.25) is 0 Å². The van der Waals surface area contributed by atoms with E-state index in [2.05, 4.69) is 0 Å². The Morgan fingerprint density at radius 3 is 2.42 bits per heavy atom. The fourth-order valence-corrected chi connectivity index (χ4v) is 3.33. The van der Waals surface area contributed by atoms with E-state index in [1.165, 1.54) is 18.2 Å². The summed E-state index contributed by atoms with van der Waals surface area (Å²) in [5.41, 5.74) is 5.16. The third-order valence-electron chi connectivity index (χ3n) is 5.27. The summed E-state index contributed by atoms with van der Waals surface area (Å²) in [4.78, 5) is 22.9. The number of aromatic nitrogens is 2. The Morgan fingerprint density at radius 1 is 1.00 bits per heavy atom. The van der Waals surface area contributed by atoms with E-state index < -0.39 is 10.9 Å². The Morgan fingerprint density at radius 2 is 1.73 bits per heavy atom. The van der Waals surface area contributed by atoms with Gasteiger partial charge in [-0.2, -0.15) is 9.78 Å². The quantitative estimate of drug-likeness (QED) is 0.167. The van der Waals surface area contributed by atoms with Gasteiger partial charge in [0.25, 0.3) is 5.69 Å². The molecule has 0 saturated carbocycles. The minimum atomic E-state index is -0.584. The first kappa shape index (κ1) is 21.7. The van der Waals surface area contributed by atoms with Crippen molar-refractivity contribution < 1.29 is 14.5 Å². The first-order valence-corrected chi connectivity index (χ1v) is 10.3. The van der Waals surface area contributed by atoms with Gasteiger partial charge in [-0.3, -0.25) is 10.1 Å². The molecule has 0 N–H and O–H groups in total. The second-order valence-electron chi connectivity index (χ2n) is 7.47. The van der Waals surface area contributed by atoms with Crippen LogP contribution in [0.4, 0.5) is 5.69 Å². The highest BCUT2D eigenvalue weighted by Crippen LogP contribution is 2.28. The number of rotatable bonds is 6. The molecule has 0 aliphatic heterocycles. The van der Waals surface area contributed by atoms with Crippen molar-refractivity contribution in [3.8, 4) is 22.8 Å². The molecule has 0 unspecified atom stereocenters. The Hall–Kier alpha value is -4.52. The minimum absolute atomic E-state index is 0.0133. The lowest BCUT2D eigenvalue weighted by Crippen LogP contribution is -2.09. The summed E-state index contributed by atoms with van der Waals surface area (Å²) in [5.74, 6) is -0.291. The molecule has 1 heterocycles. The zero-order valence-corrected chi connectivity index (χ0v) is 18.1. The SMILES string of the molecule is Cc1cccc(-n2nc(-c3ccccc3)cc2OC(=O)/C=C/c2ccc([N+](=O)[O-])cc2)c1C. The van der Waals surface area contributed by atoms with Crippen LogP contribution in [0.25, 0.3) is 23.0 Å². The highest BCUT2D eigenvalue weighted by atomic mass is 16.6. The third kappa shape index (κ3) is 4.88. The number of hydrogen-bond acceptors (Lipinski definition) is 5. The number of carbonyl (C=O) groups is 1. The highest BCUT2D eigenvalue weighted by Gasteiger charge is 2.16. The second kappa shape index (κ2) is 9.32. The number of benzene rings is 3. The molecule has 7 heteroatoms. The smallest absolute Gasteiger partial charge is 0.337 e. The maximum absolute atomic E-state index is 12.6. The van der Waals surface area contributed by atoms with Crippen molar-refractivity contribution in [2.24, 2.45) is 0 Å². The van der Waals surface area contributed by atoms with Crippen LogP contribution in [-0.4, -0.2) is 20.7 Å². The van der Waals surface area contributed by atoms with Gasteiger partial charge in [0, 0.05) is 29.8 Å². The minimum Gasteiger partial charge on any atom is -0.404 e. The molecule has 0 aliphatic carbocycles. The summed E-state index contributed by atoms with van der Waals surface area (Å²) >= 11 is 0. The molecule has 164 valence electrons. The van der Waals surface area contributed by atoms with E-state index in [1.54, 1.807) is 29.0 Å². The number of nitrogens with zero attached hydrogens (tertiary/aromatic N) is 3. The van der Waals surface area contributed by atoms with Crippen LogP contribution in [0, 0.1) is 24.0 Å². The van der Waals surface area contributed by atoms with Crippen LogP contribution in [-0.2, 0) is 4.79 Å². The largest absolute Gasteiger partial charge is 0.404 e. The molecule has 0 radical (unpaired) electrons. The highest BCUT2D eigenvalue weighted by molar-refractivity contribution is 5.88. The fraction of sp³-hybridized carbons (Fsp3) is 0.0769. The normalized spacial score (nSPS) is 11.0. The molecule has 0 fully saturated rings. The van der Waals surface area contributed by atoms with Gasteiger partial charge in [-0.15, -0.1) is 0 Å². The fourth-order valence-electron chi connectivity index (χ4n) is 3.33. The summed E-state index contributed by atoms with van der Waals surface area (Å²) in [5, 5.41) is 15.5. The van der Waals surface area contributed by atoms with Gasteiger partial charge in [0.2, 0.25) is 5.88 Å². The number of ether oxygens (including phenoxy) is 1. The molecule has 1 aromatic heterocycles. The van der Waals surface area contributed by atoms with Gasteiger partial charge in [0.1, 0.15) is 0 Å². The third-order valence-corrected chi connectivity index (χ3v) is 5.27. The van der Waals surface area contributed by atoms with E-state index in [1.807, 2.05) is 62.4 Å². The van der Waals surface area contributed by atoms with Gasteiger partial charge in [-0.1, -0.05) is 42.5 Å². The van der Waals surface area contributed by atoms with Crippen LogP contribution in [0.5, 0.6) is 5.88 Å². The number of aryl methyl sites for hydroxylation is 1. The second-order valence-corrected chi connectivity index (χ2v) is 7.47. The maximum atomic E-state index is 12.6. The molecule has 0 amide bonds. The van der Waals surface area contributed by atoms with Crippen molar-refractivity contribution in [1.82, 2.24) is 9.78 Å². The van der Waals surface area contributed by atoms with E-state index in [-0.39, 0.29) is 5.69 Å². The Labute approximate surface area is 190 Å². The lowest BCUT2D eigenvalue weighted by Gasteiger charge is -2.11. The van der Waals surface area contributed by atoms with Gasteiger partial charge in [0.15, 0.2) is 0 Å². The summed E-state index contributed by atoms with van der Waals surface area (Å²) in [7, 11) is 0. The number of carbonyl (C=O) groups excluding carboxylic acids is 1. The lowest BCUT2D eigenvalue weighted by atomic mass is 10.1. The summed E-state index contributed by atoms with van der Waals surface area (Å²) in [6.45, 7) is 4.01. The number of nitro groups is 1. The average Bonchev–Trinajstić information content (AvgIpc) is 3.23. The summed E-state index contributed by atoms with van der Waals surface area (Å²) in [6, 6.07) is 23.1. The predicted molar refractivity (Wildman–Crippen MR) is 126 cm³/mol. The number of nitro benzene ring substituents is 1. The van der Waals surface area contributed by atoms with Gasteiger partial charge < -0.3 is 4.74 Å². The zero-order valence-electron chi connectivity index (χ0n) is 18.1. The van der Waals surface area contributed by atoms with E-state index in [0.717, 1.165) is 22.4 Å². The zero-order chi connectivity index (χ0) is 23.4. The summed E-state index contributed by atoms with van der Waals surface area (Å²) < 4.78 is 7.27. The van der Waals surface area contributed by atoms with Gasteiger partial charge >= 0.3 is 5.97 Å². The Balaban J connectivity index is 1.64. The molecular formula is C26H21N3O4. The van der Waals surface area contributed by atoms with Crippen molar-refractivity contribution in [3.63, 3.8) is 0 Å². The van der Waals surface area contributed by atoms with Crippen LogP contribution in [0.15, 0.2) is 84.9 Å². The lowest BCUT2D eigenvalue weighted by molar-refractivity contribution is -0.384. The van der Waals surface area contributed by atoms with Crippen molar-refractivity contribution in [2.45, 2.75) is 13.8 Å². The van der Waals surface area contributed by atoms with Gasteiger partial charge in [-0.05, 0) is 54.8 Å². The van der Waals surface area contributed by atoms with Crippen molar-refractivity contribution in [3.05, 3.63) is 112 Å². The monoisotopic (exact) mass is 439 g/mol. The number of esters is 1. The molecule has 0 bridgehead atoms. The number of hydrogen-bond donors (Lipinski definition) is 0. The van der Waals surface area contributed by atoms with Crippen LogP contribution in [0.3, 0.4) is 0 Å². The molecule has 4 rings (SSSR count). The number of non-ortho nitro benzene ring substituents is 1. The molecule has 0 atom stereocenters. The molecule has 4 aromatic rings. The van der Waals surface area contributed by atoms with Gasteiger partial charge in [0.05, 0.1) is 16.3 Å². The van der Waals surface area contributed by atoms with Crippen molar-refractivity contribution in [1.29, 1.82) is 0 Å². The topological polar surface area (TPSA) is 87.3 Å². The molecule has 0 aliphatic rings. The van der Waals surface area contributed by atoms with Gasteiger partial charge in [-0.25, -0.2) is 4.79 Å². The molecular weight excluding hydrogens is 418 g/mol. The van der Waals surface area contributed by atoms with E-state index in [0.29, 0.717) is 17.1 Å². The standard InChI is InChI=1S/C26H21N3O4/c1-18-7-6-10-24(19(18)2)28-25(17-23(27-28)21-8-4-3-5-9-21)33-26(30)16-13-20-11-14-22(15-12-20)29(31)32/h3-17H,1-2H3/b16-13+. The van der Waals surface area contributed by atoms with Crippen molar-refractivity contribution >= 4 is 17.7 Å². The Kier molecular flexibility index (Phi) is 6.13. The summed E-state index contributed by atoms with van der Waals surface area (Å²) in [6.07, 6.45) is 2.83. The first-order valence-electron chi connectivity index (χ1n) is 10.3. The van der Waals surface area contributed by atoms with Crippen molar-refractivity contribution in [2.75, 3.05) is 0 Å². The molecule has 0 saturated heterocycles. The van der Waals surface area contributed by atoms with Crippen LogP contribution < -0.4 is 4.74 Å². The van der Waals surface area contributed by atoms with E-state index in [4.69, 9.17) is 9.84 Å². The molecule has 3 aromatic carbocycles. The van der Waals surface area contributed by atoms with Crippen LogP contribution in [0.1, 0.15) is 16.7 Å². The van der Waals surface area contributed by atoms with Crippen LogP contribution >= 0.6 is 0 Å². The predicted octanol–water partition coefficient (Wildman–Crippen LogP) is 5.68. The first-order chi connectivity index (χ1) is 15.9. The van der Waals surface area contributed by atoms with E-state index in [9.17, 15) is 14.9 Å². The maximum Gasteiger partial charge on any atom is 0.337 e. The average molecular weight is 439 g/mol. The van der Waals surface area contributed by atoms with E-state index >= 15 is 0 Å². The molecule has 33 heavy (non-hydrogen) atoms. The molecule has 0 spiro atoms.